The number of aromatic nitrogens is 1. The number of rotatable bonds is 0. The Kier molecular flexibility index (Phi) is 4.53. The van der Waals surface area contributed by atoms with Crippen molar-refractivity contribution in [2.24, 2.45) is 15.8 Å². The molecule has 0 amide bonds. The van der Waals surface area contributed by atoms with Crippen molar-refractivity contribution >= 4 is 17.9 Å². The fourth-order valence-electron chi connectivity index (χ4n) is 5.33. The molecule has 8 bridgehead atoms. The van der Waals surface area contributed by atoms with E-state index < -0.39 is 0 Å². The molecule has 1 atom stereocenters. The van der Waals surface area contributed by atoms with Crippen LogP contribution >= 0.6 is 0 Å². The zero-order valence-electron chi connectivity index (χ0n) is 20.7. The van der Waals surface area contributed by atoms with Gasteiger partial charge in [0.2, 0.25) is 0 Å². The summed E-state index contributed by atoms with van der Waals surface area (Å²) in [5, 5.41) is 7.49. The summed E-state index contributed by atoms with van der Waals surface area (Å²) < 4.78 is 0. The van der Waals surface area contributed by atoms with Crippen LogP contribution in [0.15, 0.2) is 51.1 Å². The first-order chi connectivity index (χ1) is 14.9. The van der Waals surface area contributed by atoms with E-state index >= 15 is 0 Å². The highest BCUT2D eigenvalue weighted by molar-refractivity contribution is 5.99. The lowest BCUT2D eigenvalue weighted by Crippen LogP contribution is -2.23. The molecule has 0 saturated carbocycles. The molecule has 0 aromatic carbocycles. The third kappa shape index (κ3) is 3.32. The first-order valence-electron chi connectivity index (χ1n) is 11.8. The van der Waals surface area contributed by atoms with Crippen LogP contribution in [0.5, 0.6) is 0 Å². The Morgan fingerprint density at radius 1 is 0.875 bits per heavy atom. The molecule has 168 valence electrons. The lowest BCUT2D eigenvalue weighted by molar-refractivity contribution is 0.479. The topological polar surface area (TPSA) is 52.2 Å². The minimum absolute atomic E-state index is 0.0388. The Balaban J connectivity index is 1.72. The molecule has 3 N–H and O–H groups in total. The number of nitrogens with one attached hydrogen (secondary N) is 3. The molecule has 0 spiro atoms. The van der Waals surface area contributed by atoms with Crippen LogP contribution in [0.25, 0.3) is 12.2 Å². The summed E-state index contributed by atoms with van der Waals surface area (Å²) in [5.74, 6) is 0. The second-order valence-corrected chi connectivity index (χ2v) is 11.3. The average molecular weight is 429 g/mol. The van der Waals surface area contributed by atoms with Crippen LogP contribution in [0.2, 0.25) is 0 Å². The lowest BCUT2D eigenvalue weighted by atomic mass is 9.85. The van der Waals surface area contributed by atoms with Crippen molar-refractivity contribution in [3.05, 3.63) is 68.6 Å². The second-order valence-electron chi connectivity index (χ2n) is 11.3. The molecule has 4 nitrogen and oxygen atoms in total. The van der Waals surface area contributed by atoms with E-state index in [1.165, 1.54) is 62.2 Å². The third-order valence-electron chi connectivity index (χ3n) is 7.89. The standard InChI is InChI=1S/C28H36N4/c1-15-17(3)23-11-25-27(5,6)13-19(29-25)9-20-14-28(7,8)26(30-20)12-24-18(4)16(2)22(32-24)10-21(15)31-23/h9-12,23,30-32H,13-14H2,1-8H3. The van der Waals surface area contributed by atoms with E-state index in [9.17, 15) is 0 Å². The van der Waals surface area contributed by atoms with Gasteiger partial charge in [0.1, 0.15) is 0 Å². The Bertz CT molecular complexity index is 1200. The van der Waals surface area contributed by atoms with Crippen LogP contribution in [-0.2, 0) is 0 Å². The number of nitrogens with zero attached hydrogens (tertiary/aromatic N) is 1. The minimum Gasteiger partial charge on any atom is -0.375 e. The molecule has 0 radical (unpaired) electrons. The zero-order valence-corrected chi connectivity index (χ0v) is 20.7. The maximum atomic E-state index is 5.11. The van der Waals surface area contributed by atoms with Crippen molar-refractivity contribution in [2.75, 3.05) is 0 Å². The molecule has 1 saturated heterocycles. The maximum absolute atomic E-state index is 5.11. The van der Waals surface area contributed by atoms with Gasteiger partial charge in [-0.15, -0.1) is 0 Å². The molecule has 4 aliphatic rings. The molecule has 1 unspecified atom stereocenters. The predicted molar refractivity (Wildman–Crippen MR) is 135 cm³/mol. The molecule has 1 fully saturated rings. The summed E-state index contributed by atoms with van der Waals surface area (Å²) in [4.78, 5) is 8.81. The van der Waals surface area contributed by atoms with E-state index in [0.717, 1.165) is 12.8 Å². The van der Waals surface area contributed by atoms with Crippen molar-refractivity contribution in [2.45, 2.75) is 74.3 Å². The molecule has 32 heavy (non-hydrogen) atoms. The van der Waals surface area contributed by atoms with Crippen LogP contribution in [0, 0.1) is 24.7 Å². The highest BCUT2D eigenvalue weighted by atomic mass is 15.0. The minimum atomic E-state index is 0.0388. The largest absolute Gasteiger partial charge is 0.375 e. The summed E-state index contributed by atoms with van der Waals surface area (Å²) >= 11 is 0. The van der Waals surface area contributed by atoms with Crippen molar-refractivity contribution in [3.8, 4) is 0 Å². The molecule has 4 aliphatic heterocycles. The van der Waals surface area contributed by atoms with Gasteiger partial charge in [0.05, 0.1) is 6.04 Å². The van der Waals surface area contributed by atoms with Gasteiger partial charge in [0.15, 0.2) is 0 Å². The number of aromatic amines is 1. The van der Waals surface area contributed by atoms with E-state index in [0.29, 0.717) is 0 Å². The fourth-order valence-corrected chi connectivity index (χ4v) is 5.33. The van der Waals surface area contributed by atoms with Gasteiger partial charge in [0, 0.05) is 57.1 Å². The Morgan fingerprint density at radius 3 is 2.28 bits per heavy atom. The van der Waals surface area contributed by atoms with Crippen LogP contribution in [0.1, 0.15) is 76.9 Å². The van der Waals surface area contributed by atoms with Crippen LogP contribution in [0.4, 0.5) is 0 Å². The fraction of sp³-hybridized carbons (Fsp3) is 0.464. The van der Waals surface area contributed by atoms with Gasteiger partial charge in [-0.3, -0.25) is 4.99 Å². The normalized spacial score (nSPS) is 25.5. The third-order valence-corrected chi connectivity index (χ3v) is 7.89. The molecule has 1 aromatic rings. The van der Waals surface area contributed by atoms with Crippen LogP contribution < -0.4 is 10.6 Å². The summed E-state index contributed by atoms with van der Waals surface area (Å²) in [6.45, 7) is 18.1. The summed E-state index contributed by atoms with van der Waals surface area (Å²) in [7, 11) is 0. The number of hydrogen-bond acceptors (Lipinski definition) is 3. The lowest BCUT2D eigenvalue weighted by Gasteiger charge is -2.20. The number of aliphatic imine (C=N–C) groups is 1. The van der Waals surface area contributed by atoms with Crippen molar-refractivity contribution in [3.63, 3.8) is 0 Å². The van der Waals surface area contributed by atoms with E-state index in [1.54, 1.807) is 0 Å². The Labute approximate surface area is 192 Å². The van der Waals surface area contributed by atoms with Gasteiger partial charge in [-0.1, -0.05) is 27.7 Å². The SMILES string of the molecule is CC1=C(C)C2C=C3N=C(C=C4CC(C)(C)C(=Cc5[nH]c(c(C)c5C)C=C1N2)N4)CC3(C)C. The molecular formula is C28H36N4. The number of fused-ring (bicyclic) bond motifs is 7. The van der Waals surface area contributed by atoms with Gasteiger partial charge in [-0.2, -0.15) is 0 Å². The van der Waals surface area contributed by atoms with E-state index in [-0.39, 0.29) is 16.9 Å². The van der Waals surface area contributed by atoms with Gasteiger partial charge >= 0.3 is 0 Å². The highest BCUT2D eigenvalue weighted by Crippen LogP contribution is 2.43. The first kappa shape index (κ1) is 21.1. The molecule has 5 heterocycles. The van der Waals surface area contributed by atoms with E-state index in [2.05, 4.69) is 95.3 Å². The maximum Gasteiger partial charge on any atom is 0.0682 e. The van der Waals surface area contributed by atoms with Gasteiger partial charge < -0.3 is 15.6 Å². The average Bonchev–Trinajstić information content (AvgIpc) is 3.32. The van der Waals surface area contributed by atoms with Gasteiger partial charge in [-0.05, 0) is 80.7 Å². The quantitative estimate of drug-likeness (QED) is 0.455. The summed E-state index contributed by atoms with van der Waals surface area (Å²) in [6, 6.07) is 0.185. The molecule has 1 aromatic heterocycles. The van der Waals surface area contributed by atoms with E-state index in [1.807, 2.05) is 0 Å². The van der Waals surface area contributed by atoms with Gasteiger partial charge in [0.25, 0.3) is 0 Å². The molecule has 0 aliphatic carbocycles. The molecular weight excluding hydrogens is 392 g/mol. The van der Waals surface area contributed by atoms with Crippen molar-refractivity contribution in [1.82, 2.24) is 15.6 Å². The number of hydrogen-bond donors (Lipinski definition) is 3. The van der Waals surface area contributed by atoms with Crippen molar-refractivity contribution < 1.29 is 0 Å². The monoisotopic (exact) mass is 428 g/mol. The highest BCUT2D eigenvalue weighted by Gasteiger charge is 2.36. The zero-order chi connectivity index (χ0) is 23.0. The van der Waals surface area contributed by atoms with Gasteiger partial charge in [-0.25, -0.2) is 0 Å². The van der Waals surface area contributed by atoms with Crippen LogP contribution in [-0.4, -0.2) is 16.7 Å². The number of allylic oxidation sites excluding steroid dienone is 5. The van der Waals surface area contributed by atoms with E-state index in [4.69, 9.17) is 4.99 Å². The Hall–Kier alpha value is -2.75. The number of H-pyrrole nitrogens is 1. The first-order valence-corrected chi connectivity index (χ1v) is 11.8. The smallest absolute Gasteiger partial charge is 0.0682 e. The Morgan fingerprint density at radius 2 is 1.56 bits per heavy atom. The summed E-state index contributed by atoms with van der Waals surface area (Å²) in [5.41, 5.74) is 13.9. The van der Waals surface area contributed by atoms with Crippen LogP contribution in [0.3, 0.4) is 0 Å². The second kappa shape index (κ2) is 6.87. The summed E-state index contributed by atoms with van der Waals surface area (Å²) in [6.07, 6.45) is 11.2. The predicted octanol–water partition coefficient (Wildman–Crippen LogP) is 6.29. The molecule has 5 rings (SSSR count). The van der Waals surface area contributed by atoms with Crippen molar-refractivity contribution in [1.29, 1.82) is 0 Å². The molecule has 4 heteroatoms.